The third kappa shape index (κ3) is 2.21. The van der Waals surface area contributed by atoms with Gasteiger partial charge in [-0.05, 0) is 43.9 Å². The van der Waals surface area contributed by atoms with Crippen LogP contribution in [0.2, 0.25) is 0 Å². The molecule has 3 fully saturated rings. The summed E-state index contributed by atoms with van der Waals surface area (Å²) < 4.78 is 28.1. The second-order valence-corrected chi connectivity index (χ2v) is 7.98. The smallest absolute Gasteiger partial charge is 0.310 e. The van der Waals surface area contributed by atoms with Crippen LogP contribution in [-0.2, 0) is 19.4 Å². The molecule has 4 nitrogen and oxygen atoms in total. The van der Waals surface area contributed by atoms with E-state index in [0.717, 1.165) is 12.3 Å². The minimum atomic E-state index is -2.99. The number of rotatable bonds is 2. The molecular formula is C12H18O4S. The summed E-state index contributed by atoms with van der Waals surface area (Å²) in [4.78, 5) is 11.9. The van der Waals surface area contributed by atoms with Crippen molar-refractivity contribution in [3.63, 3.8) is 0 Å². The zero-order valence-corrected chi connectivity index (χ0v) is 10.6. The molecule has 1 aliphatic heterocycles. The van der Waals surface area contributed by atoms with E-state index in [0.29, 0.717) is 12.3 Å². The van der Waals surface area contributed by atoms with Crippen LogP contribution in [0.25, 0.3) is 0 Å². The maximum absolute atomic E-state index is 11.9. The summed E-state index contributed by atoms with van der Waals surface area (Å²) in [6.07, 6.45) is 5.16. The van der Waals surface area contributed by atoms with Crippen LogP contribution in [-0.4, -0.2) is 32.0 Å². The molecule has 2 saturated carbocycles. The lowest BCUT2D eigenvalue weighted by Gasteiger charge is -2.23. The summed E-state index contributed by atoms with van der Waals surface area (Å²) in [6, 6.07) is 0. The predicted molar refractivity (Wildman–Crippen MR) is 62.1 cm³/mol. The van der Waals surface area contributed by atoms with Crippen molar-refractivity contribution in [1.29, 1.82) is 0 Å². The molecule has 3 aliphatic rings. The number of hydrogen-bond acceptors (Lipinski definition) is 4. The Labute approximate surface area is 102 Å². The summed E-state index contributed by atoms with van der Waals surface area (Å²) in [5.41, 5.74) is 0. The van der Waals surface area contributed by atoms with Crippen LogP contribution in [0.1, 0.15) is 32.1 Å². The summed E-state index contributed by atoms with van der Waals surface area (Å²) in [5, 5.41) is 0. The van der Waals surface area contributed by atoms with Gasteiger partial charge in [-0.15, -0.1) is 0 Å². The van der Waals surface area contributed by atoms with Gasteiger partial charge < -0.3 is 4.74 Å². The van der Waals surface area contributed by atoms with Crippen LogP contribution in [0, 0.1) is 17.8 Å². The zero-order chi connectivity index (χ0) is 12.0. The monoisotopic (exact) mass is 258 g/mol. The van der Waals surface area contributed by atoms with Gasteiger partial charge in [0.25, 0.3) is 0 Å². The molecule has 0 amide bonds. The van der Waals surface area contributed by atoms with E-state index in [9.17, 15) is 13.2 Å². The van der Waals surface area contributed by atoms with E-state index >= 15 is 0 Å². The van der Waals surface area contributed by atoms with Gasteiger partial charge in [-0.1, -0.05) is 0 Å². The molecule has 1 saturated heterocycles. The predicted octanol–water partition coefficient (Wildman–Crippen LogP) is 1.15. The van der Waals surface area contributed by atoms with Gasteiger partial charge >= 0.3 is 5.97 Å². The number of carbonyl (C=O) groups excluding carboxylic acids is 1. The lowest BCUT2D eigenvalue weighted by atomic mass is 9.97. The van der Waals surface area contributed by atoms with Crippen LogP contribution in [0.15, 0.2) is 0 Å². The fraction of sp³-hybridized carbons (Fsp3) is 0.917. The Morgan fingerprint density at radius 1 is 1.12 bits per heavy atom. The molecule has 4 atom stereocenters. The number of ether oxygens (including phenoxy) is 1. The number of sulfone groups is 1. The van der Waals surface area contributed by atoms with E-state index in [-0.39, 0.29) is 23.6 Å². The first-order valence-electron chi connectivity index (χ1n) is 6.44. The van der Waals surface area contributed by atoms with Crippen molar-refractivity contribution in [3.05, 3.63) is 0 Å². The number of fused-ring (bicyclic) bond motifs is 2. The van der Waals surface area contributed by atoms with Gasteiger partial charge in [0.2, 0.25) is 0 Å². The van der Waals surface area contributed by atoms with Gasteiger partial charge in [0.05, 0.1) is 17.4 Å². The normalized spacial score (nSPS) is 42.8. The minimum absolute atomic E-state index is 0.00729. The van der Waals surface area contributed by atoms with Gasteiger partial charge in [-0.2, -0.15) is 0 Å². The van der Waals surface area contributed by atoms with Crippen LogP contribution in [0.3, 0.4) is 0 Å². The van der Waals surface area contributed by atoms with Gasteiger partial charge in [-0.3, -0.25) is 4.79 Å². The van der Waals surface area contributed by atoms with Crippen molar-refractivity contribution < 1.29 is 17.9 Å². The molecule has 3 rings (SSSR count). The molecule has 96 valence electrons. The van der Waals surface area contributed by atoms with Crippen LogP contribution in [0.4, 0.5) is 0 Å². The third-order valence-corrected chi connectivity index (χ3v) is 6.27. The van der Waals surface area contributed by atoms with Crippen LogP contribution >= 0.6 is 0 Å². The first-order valence-corrected chi connectivity index (χ1v) is 8.26. The number of hydrogen-bond donors (Lipinski definition) is 0. The molecule has 0 aromatic heterocycles. The highest BCUT2D eigenvalue weighted by molar-refractivity contribution is 7.91. The van der Waals surface area contributed by atoms with E-state index < -0.39 is 15.8 Å². The fourth-order valence-electron chi connectivity index (χ4n) is 3.56. The molecular weight excluding hydrogens is 240 g/mol. The molecule has 0 radical (unpaired) electrons. The molecule has 0 N–H and O–H groups in total. The molecule has 1 heterocycles. The molecule has 0 unspecified atom stereocenters. The molecule has 0 aromatic rings. The van der Waals surface area contributed by atoms with Crippen molar-refractivity contribution in [2.24, 2.45) is 17.8 Å². The first kappa shape index (κ1) is 11.5. The van der Waals surface area contributed by atoms with Crippen molar-refractivity contribution in [3.8, 4) is 0 Å². The highest BCUT2D eigenvalue weighted by Gasteiger charge is 2.43. The average Bonchev–Trinajstić information content (AvgIpc) is 2.92. The topological polar surface area (TPSA) is 60.4 Å². The quantitative estimate of drug-likeness (QED) is 0.697. The van der Waals surface area contributed by atoms with Gasteiger partial charge in [0.15, 0.2) is 9.84 Å². The first-order chi connectivity index (χ1) is 8.03. The summed E-state index contributed by atoms with van der Waals surface area (Å²) in [7, 11) is -2.99. The Bertz CT molecular complexity index is 428. The molecule has 2 aliphatic carbocycles. The van der Waals surface area contributed by atoms with Gasteiger partial charge in [0.1, 0.15) is 6.10 Å². The fourth-order valence-corrected chi connectivity index (χ4v) is 5.28. The Balaban J connectivity index is 1.58. The van der Waals surface area contributed by atoms with Crippen molar-refractivity contribution in [2.75, 3.05) is 11.5 Å². The van der Waals surface area contributed by atoms with E-state index in [2.05, 4.69) is 0 Å². The highest BCUT2D eigenvalue weighted by Crippen LogP contribution is 2.46. The highest BCUT2D eigenvalue weighted by atomic mass is 32.2. The van der Waals surface area contributed by atoms with Gasteiger partial charge in [0, 0.05) is 0 Å². The molecule has 0 aromatic carbocycles. The van der Waals surface area contributed by atoms with E-state index in [1.54, 1.807) is 0 Å². The van der Waals surface area contributed by atoms with Crippen LogP contribution < -0.4 is 0 Å². The average molecular weight is 258 g/mol. The Hall–Kier alpha value is -0.580. The Kier molecular flexibility index (Phi) is 2.69. The molecule has 5 heteroatoms. The SMILES string of the molecule is O=C(O[C@@H]1C[C@H]2CC[C@H]1C2)[C@@H]1CCS(=O)(=O)C1. The zero-order valence-electron chi connectivity index (χ0n) is 9.80. The third-order valence-electron chi connectivity index (χ3n) is 4.51. The standard InChI is InChI=1S/C12H18O4S/c13-12(10-3-4-17(14,15)7-10)16-11-6-8-1-2-9(11)5-8/h8-11H,1-7H2/t8-,9-,10+,11+/m0/s1. The summed E-state index contributed by atoms with van der Waals surface area (Å²) in [6.45, 7) is 0. The lowest BCUT2D eigenvalue weighted by molar-refractivity contribution is -0.155. The molecule has 2 bridgehead atoms. The number of esters is 1. The summed E-state index contributed by atoms with van der Waals surface area (Å²) in [5.74, 6) is 0.741. The van der Waals surface area contributed by atoms with E-state index in [4.69, 9.17) is 4.74 Å². The van der Waals surface area contributed by atoms with Crippen molar-refractivity contribution in [2.45, 2.75) is 38.2 Å². The largest absolute Gasteiger partial charge is 0.462 e. The maximum Gasteiger partial charge on any atom is 0.310 e. The minimum Gasteiger partial charge on any atom is -0.462 e. The Morgan fingerprint density at radius 2 is 1.94 bits per heavy atom. The molecule has 17 heavy (non-hydrogen) atoms. The van der Waals surface area contributed by atoms with E-state index in [1.807, 2.05) is 0 Å². The second kappa shape index (κ2) is 3.97. The second-order valence-electron chi connectivity index (χ2n) is 5.75. The van der Waals surface area contributed by atoms with Crippen molar-refractivity contribution >= 4 is 15.8 Å². The van der Waals surface area contributed by atoms with Gasteiger partial charge in [-0.25, -0.2) is 8.42 Å². The maximum atomic E-state index is 11.9. The molecule has 0 spiro atoms. The number of carbonyl (C=O) groups is 1. The van der Waals surface area contributed by atoms with Crippen molar-refractivity contribution in [1.82, 2.24) is 0 Å². The Morgan fingerprint density at radius 3 is 2.47 bits per heavy atom. The lowest BCUT2D eigenvalue weighted by Crippen LogP contribution is -2.28. The van der Waals surface area contributed by atoms with E-state index in [1.165, 1.54) is 19.3 Å². The van der Waals surface area contributed by atoms with Crippen LogP contribution in [0.5, 0.6) is 0 Å². The summed E-state index contributed by atoms with van der Waals surface area (Å²) >= 11 is 0.